The molecular weight excluding hydrogens is 384 g/mol. The van der Waals surface area contributed by atoms with Crippen molar-refractivity contribution in [3.63, 3.8) is 0 Å². The summed E-state index contributed by atoms with van der Waals surface area (Å²) >= 11 is 6.95. The molecule has 0 bridgehead atoms. The van der Waals surface area contributed by atoms with Gasteiger partial charge >= 0.3 is 5.97 Å². The third kappa shape index (κ3) is 4.02. The van der Waals surface area contributed by atoms with E-state index >= 15 is 0 Å². The molecule has 1 N–H and O–H groups in total. The Bertz CT molecular complexity index is 969. The van der Waals surface area contributed by atoms with E-state index in [2.05, 4.69) is 4.98 Å². The number of halogens is 1. The van der Waals surface area contributed by atoms with Crippen LogP contribution in [0.5, 0.6) is 0 Å². The van der Waals surface area contributed by atoms with Crippen LogP contribution in [0.2, 0.25) is 5.15 Å². The van der Waals surface area contributed by atoms with Gasteiger partial charge in [-0.05, 0) is 37.6 Å². The minimum absolute atomic E-state index is 0.123. The van der Waals surface area contributed by atoms with E-state index < -0.39 is 5.97 Å². The van der Waals surface area contributed by atoms with Gasteiger partial charge in [-0.25, -0.2) is 9.78 Å². The van der Waals surface area contributed by atoms with Crippen LogP contribution >= 0.6 is 22.9 Å². The second-order valence-corrected chi connectivity index (χ2v) is 7.57. The normalized spacial score (nSPS) is 10.8. The predicted octanol–water partition coefficient (Wildman–Crippen LogP) is 5.22. The van der Waals surface area contributed by atoms with Crippen LogP contribution in [0.4, 0.5) is 5.69 Å². The van der Waals surface area contributed by atoms with E-state index in [9.17, 15) is 14.7 Å². The number of carboxylic acid groups (broad SMARTS) is 1. The van der Waals surface area contributed by atoms with Crippen molar-refractivity contribution < 1.29 is 14.7 Å². The summed E-state index contributed by atoms with van der Waals surface area (Å²) in [6.07, 6.45) is 1.39. The molecule has 7 heteroatoms. The van der Waals surface area contributed by atoms with Crippen LogP contribution in [0.3, 0.4) is 0 Å². The summed E-state index contributed by atoms with van der Waals surface area (Å²) in [6, 6.07) is 14.1. The Morgan fingerprint density at radius 3 is 2.41 bits per heavy atom. The molecule has 0 spiro atoms. The van der Waals surface area contributed by atoms with Crippen LogP contribution in [0.25, 0.3) is 10.4 Å². The number of anilines is 1. The van der Waals surface area contributed by atoms with Crippen molar-refractivity contribution in [2.75, 3.05) is 4.90 Å². The van der Waals surface area contributed by atoms with Gasteiger partial charge in [-0.2, -0.15) is 0 Å². The number of benzene rings is 1. The van der Waals surface area contributed by atoms with Gasteiger partial charge < -0.3 is 10.0 Å². The molecule has 0 unspecified atom stereocenters. The lowest BCUT2D eigenvalue weighted by molar-refractivity contribution is 0.0703. The number of aromatic nitrogens is 1. The van der Waals surface area contributed by atoms with Crippen molar-refractivity contribution in [3.05, 3.63) is 70.3 Å². The van der Waals surface area contributed by atoms with Gasteiger partial charge in [0.25, 0.3) is 5.91 Å². The number of carbonyl (C=O) groups is 2. The predicted molar refractivity (Wildman–Crippen MR) is 108 cm³/mol. The topological polar surface area (TPSA) is 70.5 Å². The molecule has 0 aliphatic heterocycles. The molecule has 0 saturated carbocycles. The number of carbonyl (C=O) groups excluding carboxylic acids is 1. The highest BCUT2D eigenvalue weighted by Crippen LogP contribution is 2.38. The fourth-order valence-electron chi connectivity index (χ4n) is 2.72. The zero-order valence-corrected chi connectivity index (χ0v) is 16.3. The molecule has 5 nitrogen and oxygen atoms in total. The molecule has 3 aromatic rings. The van der Waals surface area contributed by atoms with Crippen molar-refractivity contribution >= 4 is 40.5 Å². The van der Waals surface area contributed by atoms with Gasteiger partial charge in [-0.15, -0.1) is 11.3 Å². The molecule has 0 aliphatic rings. The summed E-state index contributed by atoms with van der Waals surface area (Å²) in [4.78, 5) is 31.3. The first-order valence-electron chi connectivity index (χ1n) is 8.26. The Hall–Kier alpha value is -2.70. The molecule has 0 saturated heterocycles. The number of rotatable bonds is 5. The molecule has 3 rings (SSSR count). The Labute approximate surface area is 165 Å². The van der Waals surface area contributed by atoms with E-state index in [1.54, 1.807) is 12.1 Å². The van der Waals surface area contributed by atoms with Crippen molar-refractivity contribution in [1.82, 2.24) is 4.98 Å². The summed E-state index contributed by atoms with van der Waals surface area (Å²) in [5.41, 5.74) is 1.62. The lowest BCUT2D eigenvalue weighted by Crippen LogP contribution is -2.37. The molecule has 2 heterocycles. The second-order valence-electron chi connectivity index (χ2n) is 6.13. The van der Waals surface area contributed by atoms with Crippen LogP contribution in [0.1, 0.15) is 33.9 Å². The maximum atomic E-state index is 13.1. The van der Waals surface area contributed by atoms with E-state index in [-0.39, 0.29) is 22.0 Å². The van der Waals surface area contributed by atoms with Crippen LogP contribution in [-0.4, -0.2) is 28.0 Å². The number of nitrogens with zero attached hydrogens (tertiary/aromatic N) is 2. The van der Waals surface area contributed by atoms with E-state index in [4.69, 9.17) is 11.6 Å². The summed E-state index contributed by atoms with van der Waals surface area (Å²) in [5.74, 6) is -1.39. The SMILES string of the molecule is CC(C)N(C(=O)c1ccc(Cl)nc1)c1cc(-c2ccccc2)sc1C(=O)O. The third-order valence-electron chi connectivity index (χ3n) is 3.93. The molecule has 0 fully saturated rings. The van der Waals surface area contributed by atoms with Gasteiger partial charge in [0.1, 0.15) is 10.0 Å². The second kappa shape index (κ2) is 7.90. The summed E-state index contributed by atoms with van der Waals surface area (Å²) < 4.78 is 0. The number of aromatic carboxylic acids is 1. The van der Waals surface area contributed by atoms with Crippen molar-refractivity contribution in [1.29, 1.82) is 0 Å². The lowest BCUT2D eigenvalue weighted by Gasteiger charge is -2.26. The lowest BCUT2D eigenvalue weighted by atomic mass is 10.1. The molecular formula is C20H17ClN2O3S. The smallest absolute Gasteiger partial charge is 0.348 e. The number of hydrogen-bond acceptors (Lipinski definition) is 4. The maximum absolute atomic E-state index is 13.1. The van der Waals surface area contributed by atoms with Crippen LogP contribution < -0.4 is 4.90 Å². The first kappa shape index (κ1) is 19.1. The molecule has 27 heavy (non-hydrogen) atoms. The van der Waals surface area contributed by atoms with E-state index in [0.717, 1.165) is 21.8 Å². The third-order valence-corrected chi connectivity index (χ3v) is 5.32. The first-order chi connectivity index (χ1) is 12.9. The van der Waals surface area contributed by atoms with Crippen LogP contribution in [0.15, 0.2) is 54.7 Å². The van der Waals surface area contributed by atoms with Gasteiger partial charge in [-0.3, -0.25) is 4.79 Å². The molecule has 138 valence electrons. The fourth-order valence-corrected chi connectivity index (χ4v) is 3.83. The van der Waals surface area contributed by atoms with Crippen molar-refractivity contribution in [2.24, 2.45) is 0 Å². The molecule has 1 aromatic carbocycles. The van der Waals surface area contributed by atoms with Crippen molar-refractivity contribution in [2.45, 2.75) is 19.9 Å². The summed E-state index contributed by atoms with van der Waals surface area (Å²) in [7, 11) is 0. The monoisotopic (exact) mass is 400 g/mol. The molecule has 0 atom stereocenters. The van der Waals surface area contributed by atoms with Gasteiger partial charge in [0.05, 0.1) is 11.3 Å². The quantitative estimate of drug-likeness (QED) is 0.596. The van der Waals surface area contributed by atoms with E-state index in [1.807, 2.05) is 44.2 Å². The standard InChI is InChI=1S/C20H17ClN2O3S/c1-12(2)23(19(24)14-8-9-17(21)22-11-14)15-10-16(27-18(15)20(25)26)13-6-4-3-5-7-13/h3-12H,1-2H3,(H,25,26). The molecule has 0 aliphatic carbocycles. The number of thiophene rings is 1. The van der Waals surface area contributed by atoms with E-state index in [0.29, 0.717) is 11.3 Å². The van der Waals surface area contributed by atoms with Crippen molar-refractivity contribution in [3.8, 4) is 10.4 Å². The van der Waals surface area contributed by atoms with Gasteiger partial charge in [-0.1, -0.05) is 41.9 Å². The summed E-state index contributed by atoms with van der Waals surface area (Å²) in [6.45, 7) is 3.68. The first-order valence-corrected chi connectivity index (χ1v) is 9.45. The number of pyridine rings is 1. The van der Waals surface area contributed by atoms with Gasteiger partial charge in [0.2, 0.25) is 0 Å². The largest absolute Gasteiger partial charge is 0.477 e. The number of hydrogen-bond donors (Lipinski definition) is 1. The minimum atomic E-state index is -1.06. The highest BCUT2D eigenvalue weighted by atomic mass is 35.5. The average molecular weight is 401 g/mol. The van der Waals surface area contributed by atoms with Crippen LogP contribution in [-0.2, 0) is 0 Å². The Balaban J connectivity index is 2.09. The maximum Gasteiger partial charge on any atom is 0.348 e. The molecule has 0 radical (unpaired) electrons. The zero-order chi connectivity index (χ0) is 19.6. The minimum Gasteiger partial charge on any atom is -0.477 e. The zero-order valence-electron chi connectivity index (χ0n) is 14.7. The van der Waals surface area contributed by atoms with E-state index in [1.165, 1.54) is 17.2 Å². The number of amides is 1. The Morgan fingerprint density at radius 1 is 1.15 bits per heavy atom. The Kier molecular flexibility index (Phi) is 5.58. The molecule has 2 aromatic heterocycles. The van der Waals surface area contributed by atoms with Crippen LogP contribution in [0, 0.1) is 0 Å². The number of carboxylic acids is 1. The summed E-state index contributed by atoms with van der Waals surface area (Å²) in [5, 5.41) is 9.98. The van der Waals surface area contributed by atoms with Gasteiger partial charge in [0, 0.05) is 17.1 Å². The fraction of sp³-hybridized carbons (Fsp3) is 0.150. The Morgan fingerprint density at radius 2 is 1.85 bits per heavy atom. The van der Waals surface area contributed by atoms with Gasteiger partial charge in [0.15, 0.2) is 0 Å². The highest BCUT2D eigenvalue weighted by molar-refractivity contribution is 7.18. The molecule has 1 amide bonds. The average Bonchev–Trinajstić information content (AvgIpc) is 3.08. The highest BCUT2D eigenvalue weighted by Gasteiger charge is 2.28.